The molecule has 0 radical (unpaired) electrons. The molecule has 0 aromatic rings. The number of hydrogen-bond donors (Lipinski definition) is 0. The van der Waals surface area contributed by atoms with Crippen LogP contribution in [0, 0.1) is 0 Å². The maximum absolute atomic E-state index is 11.1. The van der Waals surface area contributed by atoms with Gasteiger partial charge in [0.25, 0.3) is 0 Å². The lowest BCUT2D eigenvalue weighted by Crippen LogP contribution is -2.30. The van der Waals surface area contributed by atoms with Gasteiger partial charge in [-0.15, -0.1) is 11.6 Å². The van der Waals surface area contributed by atoms with Crippen molar-refractivity contribution < 1.29 is 4.79 Å². The number of alkyl halides is 1. The first-order chi connectivity index (χ1) is 5.09. The molecule has 0 saturated heterocycles. The van der Waals surface area contributed by atoms with Crippen LogP contribution in [-0.4, -0.2) is 42.3 Å². The molecule has 1 amide bonds. The molecule has 0 aliphatic rings. The van der Waals surface area contributed by atoms with E-state index in [1.165, 1.54) is 4.90 Å². The van der Waals surface area contributed by atoms with Gasteiger partial charge in [0.05, 0.1) is 0 Å². The van der Waals surface area contributed by atoms with Crippen LogP contribution in [0.15, 0.2) is 0 Å². The van der Waals surface area contributed by atoms with E-state index in [1.54, 1.807) is 25.9 Å². The first-order valence-electron chi connectivity index (χ1n) is 3.43. The van der Waals surface area contributed by atoms with Gasteiger partial charge in [-0.1, -0.05) is 0 Å². The summed E-state index contributed by atoms with van der Waals surface area (Å²) < 4.78 is 0. The lowest BCUT2D eigenvalue weighted by Gasteiger charge is -2.14. The molecule has 0 heterocycles. The summed E-state index contributed by atoms with van der Waals surface area (Å²) >= 11 is 7.50. The van der Waals surface area contributed by atoms with E-state index in [1.807, 2.05) is 6.26 Å². The highest BCUT2D eigenvalue weighted by molar-refractivity contribution is 7.98. The van der Waals surface area contributed by atoms with Crippen LogP contribution in [0.3, 0.4) is 0 Å². The van der Waals surface area contributed by atoms with Crippen molar-refractivity contribution in [3.63, 3.8) is 0 Å². The van der Waals surface area contributed by atoms with E-state index in [2.05, 4.69) is 0 Å². The van der Waals surface area contributed by atoms with E-state index in [-0.39, 0.29) is 11.3 Å². The molecule has 0 bridgehead atoms. The molecule has 0 N–H and O–H groups in total. The molecule has 0 aliphatic heterocycles. The molecule has 0 rings (SSSR count). The predicted octanol–water partition coefficient (Wildman–Crippen LogP) is 1.44. The van der Waals surface area contributed by atoms with Gasteiger partial charge in [0.15, 0.2) is 0 Å². The fourth-order valence-corrected chi connectivity index (χ4v) is 1.53. The van der Waals surface area contributed by atoms with Gasteiger partial charge < -0.3 is 4.90 Å². The monoisotopic (exact) mass is 195 g/mol. The van der Waals surface area contributed by atoms with Crippen LogP contribution in [-0.2, 0) is 4.79 Å². The number of carbonyl (C=O) groups is 1. The molecule has 11 heavy (non-hydrogen) atoms. The van der Waals surface area contributed by atoms with E-state index < -0.39 is 0 Å². The van der Waals surface area contributed by atoms with Crippen LogP contribution >= 0.6 is 23.4 Å². The smallest absolute Gasteiger partial charge is 0.240 e. The summed E-state index contributed by atoms with van der Waals surface area (Å²) in [5.41, 5.74) is 0. The normalized spacial score (nSPS) is 12.7. The standard InChI is InChI=1S/C7H14ClNOS/c1-9(2)7(10)6(8)4-5-11-3/h6H,4-5H2,1-3H3. The third kappa shape index (κ3) is 4.53. The van der Waals surface area contributed by atoms with Crippen LogP contribution in [0.2, 0.25) is 0 Å². The van der Waals surface area contributed by atoms with Gasteiger partial charge in [-0.25, -0.2) is 0 Å². The third-order valence-corrected chi connectivity index (χ3v) is 2.33. The van der Waals surface area contributed by atoms with E-state index in [9.17, 15) is 4.79 Å². The van der Waals surface area contributed by atoms with Crippen molar-refractivity contribution in [2.24, 2.45) is 0 Å². The molecular formula is C7H14ClNOS. The Balaban J connectivity index is 3.64. The first kappa shape index (κ1) is 11.1. The predicted molar refractivity (Wildman–Crippen MR) is 51.3 cm³/mol. The maximum atomic E-state index is 11.1. The van der Waals surface area contributed by atoms with Gasteiger partial charge in [-0.05, 0) is 18.4 Å². The van der Waals surface area contributed by atoms with E-state index in [0.29, 0.717) is 0 Å². The van der Waals surface area contributed by atoms with Crippen LogP contribution in [0.5, 0.6) is 0 Å². The highest BCUT2D eigenvalue weighted by Crippen LogP contribution is 2.08. The Bertz CT molecular complexity index is 130. The Hall–Kier alpha value is 0.110. The number of halogens is 1. The fourth-order valence-electron chi connectivity index (χ4n) is 0.625. The molecule has 0 aromatic heterocycles. The summed E-state index contributed by atoms with van der Waals surface area (Å²) in [7, 11) is 3.44. The Kier molecular flexibility index (Phi) is 5.78. The van der Waals surface area contributed by atoms with E-state index >= 15 is 0 Å². The molecule has 0 aliphatic carbocycles. The molecule has 0 aromatic carbocycles. The Morgan fingerprint density at radius 3 is 2.55 bits per heavy atom. The molecule has 66 valence electrons. The van der Waals surface area contributed by atoms with Gasteiger partial charge in [-0.2, -0.15) is 11.8 Å². The lowest BCUT2D eigenvalue weighted by molar-refractivity contribution is -0.128. The summed E-state index contributed by atoms with van der Waals surface area (Å²) in [6, 6.07) is 0. The van der Waals surface area contributed by atoms with Gasteiger partial charge >= 0.3 is 0 Å². The fraction of sp³-hybridized carbons (Fsp3) is 0.857. The summed E-state index contributed by atoms with van der Waals surface area (Å²) in [4.78, 5) is 12.7. The average Bonchev–Trinajstić information content (AvgIpc) is 1.98. The van der Waals surface area contributed by atoms with Crippen LogP contribution in [0.4, 0.5) is 0 Å². The first-order valence-corrected chi connectivity index (χ1v) is 5.26. The van der Waals surface area contributed by atoms with E-state index in [0.717, 1.165) is 12.2 Å². The number of amides is 1. The Labute approximate surface area is 77.3 Å². The van der Waals surface area contributed by atoms with Gasteiger partial charge in [0.2, 0.25) is 5.91 Å². The molecular weight excluding hydrogens is 182 g/mol. The van der Waals surface area contributed by atoms with Crippen molar-refractivity contribution in [1.82, 2.24) is 4.90 Å². The minimum Gasteiger partial charge on any atom is -0.348 e. The Morgan fingerprint density at radius 2 is 2.18 bits per heavy atom. The highest BCUT2D eigenvalue weighted by atomic mass is 35.5. The van der Waals surface area contributed by atoms with Crippen molar-refractivity contribution in [3.05, 3.63) is 0 Å². The largest absolute Gasteiger partial charge is 0.348 e. The lowest BCUT2D eigenvalue weighted by atomic mass is 10.3. The van der Waals surface area contributed by atoms with Gasteiger partial charge in [0, 0.05) is 14.1 Å². The molecule has 2 nitrogen and oxygen atoms in total. The summed E-state index contributed by atoms with van der Waals surface area (Å²) in [6.45, 7) is 0. The van der Waals surface area contributed by atoms with Crippen molar-refractivity contribution in [3.8, 4) is 0 Å². The SMILES string of the molecule is CSCCC(Cl)C(=O)N(C)C. The van der Waals surface area contributed by atoms with Crippen molar-refractivity contribution in [1.29, 1.82) is 0 Å². The topological polar surface area (TPSA) is 20.3 Å². The number of carbonyl (C=O) groups excluding carboxylic acids is 1. The second-order valence-corrected chi connectivity index (χ2v) is 3.99. The zero-order valence-electron chi connectivity index (χ0n) is 7.13. The zero-order valence-corrected chi connectivity index (χ0v) is 8.71. The van der Waals surface area contributed by atoms with Crippen molar-refractivity contribution in [2.75, 3.05) is 26.1 Å². The highest BCUT2D eigenvalue weighted by Gasteiger charge is 2.15. The van der Waals surface area contributed by atoms with Crippen molar-refractivity contribution in [2.45, 2.75) is 11.8 Å². The second-order valence-electron chi connectivity index (χ2n) is 2.48. The maximum Gasteiger partial charge on any atom is 0.240 e. The van der Waals surface area contributed by atoms with Gasteiger partial charge in [0.1, 0.15) is 5.38 Å². The number of thioether (sulfide) groups is 1. The van der Waals surface area contributed by atoms with Crippen LogP contribution in [0.1, 0.15) is 6.42 Å². The minimum atomic E-state index is -0.350. The second kappa shape index (κ2) is 5.72. The zero-order chi connectivity index (χ0) is 8.85. The van der Waals surface area contributed by atoms with Gasteiger partial charge in [-0.3, -0.25) is 4.79 Å². The van der Waals surface area contributed by atoms with E-state index in [4.69, 9.17) is 11.6 Å². The number of rotatable bonds is 4. The van der Waals surface area contributed by atoms with Crippen LogP contribution in [0.25, 0.3) is 0 Å². The summed E-state index contributed by atoms with van der Waals surface area (Å²) in [5, 5.41) is -0.350. The quantitative estimate of drug-likeness (QED) is 0.633. The summed E-state index contributed by atoms with van der Waals surface area (Å²) in [6.07, 6.45) is 2.75. The number of hydrogen-bond acceptors (Lipinski definition) is 2. The Morgan fingerprint density at radius 1 is 1.64 bits per heavy atom. The molecule has 4 heteroatoms. The van der Waals surface area contributed by atoms with Crippen LogP contribution < -0.4 is 0 Å². The molecule has 1 atom stereocenters. The molecule has 1 unspecified atom stereocenters. The molecule has 0 saturated carbocycles. The molecule has 0 spiro atoms. The minimum absolute atomic E-state index is 0.000664. The van der Waals surface area contributed by atoms with Crippen molar-refractivity contribution >= 4 is 29.3 Å². The number of nitrogens with zero attached hydrogens (tertiary/aromatic N) is 1. The summed E-state index contributed by atoms with van der Waals surface area (Å²) in [5.74, 6) is 0.939. The third-order valence-electron chi connectivity index (χ3n) is 1.28. The average molecular weight is 196 g/mol. The molecule has 0 fully saturated rings.